The Labute approximate surface area is 216 Å². The van der Waals surface area contributed by atoms with Gasteiger partial charge in [-0.05, 0) is 36.4 Å². The molecule has 2 aromatic carbocycles. The quantitative estimate of drug-likeness (QED) is 0.346. The van der Waals surface area contributed by atoms with Crippen LogP contribution >= 0.6 is 23.2 Å². The maximum atomic E-state index is 13.1. The minimum Gasteiger partial charge on any atom is -0.391 e. The molecule has 0 spiro atoms. The molecule has 2 heterocycles. The molecule has 15 heteroatoms. The number of aromatic nitrogens is 6. The Kier molecular flexibility index (Phi) is 7.39. The van der Waals surface area contributed by atoms with Crippen molar-refractivity contribution in [2.45, 2.75) is 32.3 Å². The number of carbonyl (C=O) groups excluding carboxylic acids is 1. The number of benzene rings is 2. The van der Waals surface area contributed by atoms with Crippen molar-refractivity contribution < 1.29 is 27.8 Å². The fourth-order valence-corrected chi connectivity index (χ4v) is 3.65. The van der Waals surface area contributed by atoms with Crippen molar-refractivity contribution in [2.75, 3.05) is 0 Å². The van der Waals surface area contributed by atoms with E-state index in [0.717, 1.165) is 16.3 Å². The number of hydrogen-bond donors (Lipinski definition) is 1. The zero-order valence-corrected chi connectivity index (χ0v) is 20.4. The van der Waals surface area contributed by atoms with E-state index >= 15 is 0 Å². The van der Waals surface area contributed by atoms with Crippen molar-refractivity contribution in [1.82, 2.24) is 29.1 Å². The molecule has 4 aromatic rings. The van der Waals surface area contributed by atoms with E-state index in [2.05, 4.69) is 15.2 Å². The predicted molar refractivity (Wildman–Crippen MR) is 126 cm³/mol. The molecule has 0 bridgehead atoms. The third-order valence-electron chi connectivity index (χ3n) is 4.99. The first-order valence-corrected chi connectivity index (χ1v) is 11.3. The normalized spacial score (nSPS) is 12.5. The van der Waals surface area contributed by atoms with Crippen LogP contribution in [0.3, 0.4) is 0 Å². The molecule has 0 fully saturated rings. The van der Waals surface area contributed by atoms with Gasteiger partial charge in [0.2, 0.25) is 0 Å². The molecule has 0 amide bonds. The van der Waals surface area contributed by atoms with Crippen molar-refractivity contribution in [2.24, 2.45) is 0 Å². The fourth-order valence-electron chi connectivity index (χ4n) is 3.31. The van der Waals surface area contributed by atoms with Crippen LogP contribution < -0.4 is 10.4 Å². The Balaban J connectivity index is 1.78. The first-order chi connectivity index (χ1) is 17.4. The van der Waals surface area contributed by atoms with Gasteiger partial charge in [0, 0.05) is 17.5 Å². The summed E-state index contributed by atoms with van der Waals surface area (Å²) in [6.07, 6.45) is -7.78. The van der Waals surface area contributed by atoms with Gasteiger partial charge in [-0.25, -0.2) is 9.48 Å². The lowest BCUT2D eigenvalue weighted by Crippen LogP contribution is -2.37. The van der Waals surface area contributed by atoms with Gasteiger partial charge >= 0.3 is 23.8 Å². The molecule has 0 aliphatic carbocycles. The van der Waals surface area contributed by atoms with Gasteiger partial charge in [0.25, 0.3) is 0 Å². The summed E-state index contributed by atoms with van der Waals surface area (Å²) >= 11 is 12.1. The highest BCUT2D eigenvalue weighted by atomic mass is 35.5. The zero-order valence-electron chi connectivity index (χ0n) is 18.9. The summed E-state index contributed by atoms with van der Waals surface area (Å²) in [6, 6.07) is 12.1. The number of nitrogens with zero attached hydrogens (tertiary/aromatic N) is 6. The minimum absolute atomic E-state index is 0.0538. The van der Waals surface area contributed by atoms with Gasteiger partial charge in [0.15, 0.2) is 17.8 Å². The van der Waals surface area contributed by atoms with Crippen molar-refractivity contribution >= 4 is 29.2 Å². The number of para-hydroxylation sites is 1. The molecule has 0 unspecified atom stereocenters. The number of halogens is 5. The molecule has 10 nitrogen and oxygen atoms in total. The van der Waals surface area contributed by atoms with Crippen LogP contribution in [0.4, 0.5) is 13.2 Å². The highest BCUT2D eigenvalue weighted by Crippen LogP contribution is 2.25. The van der Waals surface area contributed by atoms with Gasteiger partial charge in [0.05, 0.1) is 17.3 Å². The largest absolute Gasteiger partial charge is 0.416 e. The highest BCUT2D eigenvalue weighted by molar-refractivity contribution is 6.32. The zero-order chi connectivity index (χ0) is 26.9. The summed E-state index contributed by atoms with van der Waals surface area (Å²) in [4.78, 5) is 28.8. The molecule has 0 radical (unpaired) electrons. The van der Waals surface area contributed by atoms with Crippen molar-refractivity contribution in [3.8, 4) is 23.1 Å². The number of aliphatic hydroxyl groups is 1. The Bertz CT molecular complexity index is 1500. The standard InChI is InChI=1S/C22H17Cl2F3N6O4/c1-12(34)37-20-28-18(29-33(20)16-5-3-2-4-15(16)24)11-32-21(36)31(10-17(35)22(25,26)27)19(30-32)13-6-8-14(23)9-7-13/h2-9,17,35H,10-11H2,1H3/t17-/m0/s1. The first-order valence-electron chi connectivity index (χ1n) is 10.5. The minimum atomic E-state index is -4.97. The monoisotopic (exact) mass is 556 g/mol. The SMILES string of the molecule is CC(=O)Oc1nc(Cn2nc(-c3ccc(Cl)cc3)n(C[C@H](O)C(F)(F)F)c2=O)nn1-c1ccccc1Cl. The van der Waals surface area contributed by atoms with Crippen LogP contribution in [0.15, 0.2) is 53.3 Å². The van der Waals surface area contributed by atoms with E-state index in [0.29, 0.717) is 15.3 Å². The van der Waals surface area contributed by atoms with Crippen LogP contribution in [0.1, 0.15) is 12.7 Å². The van der Waals surface area contributed by atoms with Gasteiger partial charge < -0.3 is 9.84 Å². The smallest absolute Gasteiger partial charge is 0.391 e. The van der Waals surface area contributed by atoms with Crippen molar-refractivity contribution in [1.29, 1.82) is 0 Å². The van der Waals surface area contributed by atoms with E-state index in [9.17, 15) is 27.9 Å². The molecule has 0 saturated heterocycles. The summed E-state index contributed by atoms with van der Waals surface area (Å²) in [7, 11) is 0. The van der Waals surface area contributed by atoms with E-state index in [1.807, 2.05) is 0 Å². The predicted octanol–water partition coefficient (Wildman–Crippen LogP) is 3.50. The second-order valence-electron chi connectivity index (χ2n) is 7.71. The molecule has 0 aliphatic heterocycles. The summed E-state index contributed by atoms with van der Waals surface area (Å²) in [5.41, 5.74) is -0.353. The molecule has 2 aromatic heterocycles. The van der Waals surface area contributed by atoms with Crippen LogP contribution in [0.25, 0.3) is 17.1 Å². The molecular weight excluding hydrogens is 540 g/mol. The Hall–Kier alpha value is -3.68. The van der Waals surface area contributed by atoms with Crippen LogP contribution in [0, 0.1) is 0 Å². The van der Waals surface area contributed by atoms with E-state index in [-0.39, 0.29) is 28.2 Å². The third-order valence-corrected chi connectivity index (χ3v) is 5.56. The highest BCUT2D eigenvalue weighted by Gasteiger charge is 2.39. The molecule has 0 saturated carbocycles. The lowest BCUT2D eigenvalue weighted by Gasteiger charge is -2.15. The molecule has 194 valence electrons. The Morgan fingerprint density at radius 3 is 2.41 bits per heavy atom. The number of esters is 1. The summed E-state index contributed by atoms with van der Waals surface area (Å²) in [5, 5.41) is 18.6. The molecular formula is C22H17Cl2F3N6O4. The number of ether oxygens (including phenoxy) is 1. The number of carbonyl (C=O) groups is 1. The second-order valence-corrected chi connectivity index (χ2v) is 8.55. The van der Waals surface area contributed by atoms with Crippen LogP contribution in [-0.4, -0.2) is 52.5 Å². The number of hydrogen-bond acceptors (Lipinski definition) is 7. The van der Waals surface area contributed by atoms with E-state index in [1.165, 1.54) is 24.3 Å². The maximum Gasteiger partial charge on any atom is 0.416 e. The number of alkyl halides is 3. The summed E-state index contributed by atoms with van der Waals surface area (Å²) < 4.78 is 47.0. The number of rotatable bonds is 7. The second kappa shape index (κ2) is 10.4. The van der Waals surface area contributed by atoms with Crippen molar-refractivity contribution in [3.63, 3.8) is 0 Å². The van der Waals surface area contributed by atoms with Crippen LogP contribution in [-0.2, 0) is 17.9 Å². The van der Waals surface area contributed by atoms with E-state index in [1.54, 1.807) is 24.3 Å². The van der Waals surface area contributed by atoms with Gasteiger partial charge in [0.1, 0.15) is 6.54 Å². The average Bonchev–Trinajstić information content (AvgIpc) is 3.34. The van der Waals surface area contributed by atoms with Crippen LogP contribution in [0.2, 0.25) is 10.0 Å². The van der Waals surface area contributed by atoms with Gasteiger partial charge in [-0.15, -0.1) is 10.2 Å². The molecule has 4 rings (SSSR count). The molecule has 37 heavy (non-hydrogen) atoms. The lowest BCUT2D eigenvalue weighted by atomic mass is 10.2. The number of aliphatic hydroxyl groups excluding tert-OH is 1. The average molecular weight is 557 g/mol. The van der Waals surface area contributed by atoms with E-state index < -0.39 is 37.0 Å². The van der Waals surface area contributed by atoms with Gasteiger partial charge in [-0.3, -0.25) is 9.36 Å². The summed E-state index contributed by atoms with van der Waals surface area (Å²) in [6.45, 7) is -0.345. The van der Waals surface area contributed by atoms with Gasteiger partial charge in [-0.1, -0.05) is 35.3 Å². The topological polar surface area (TPSA) is 117 Å². The first kappa shape index (κ1) is 26.4. The molecule has 0 aliphatic rings. The third kappa shape index (κ3) is 5.84. The molecule has 1 atom stereocenters. The fraction of sp³-hybridized carbons (Fsp3) is 0.227. The maximum absolute atomic E-state index is 13.1. The van der Waals surface area contributed by atoms with E-state index in [4.69, 9.17) is 27.9 Å². The lowest BCUT2D eigenvalue weighted by molar-refractivity contribution is -0.207. The van der Waals surface area contributed by atoms with Crippen molar-refractivity contribution in [3.05, 3.63) is 74.9 Å². The Morgan fingerprint density at radius 1 is 1.11 bits per heavy atom. The molecule has 1 N–H and O–H groups in total. The van der Waals surface area contributed by atoms with Crippen LogP contribution in [0.5, 0.6) is 6.01 Å². The summed E-state index contributed by atoms with van der Waals surface area (Å²) in [5.74, 6) is -0.891. The van der Waals surface area contributed by atoms with Gasteiger partial charge in [-0.2, -0.15) is 22.8 Å². The Morgan fingerprint density at radius 2 is 1.78 bits per heavy atom.